The molecule has 0 unspecified atom stereocenters. The number of hydrogen-bond donors (Lipinski definition) is 0. The first-order valence-electron chi connectivity index (χ1n) is 6.63. The first-order valence-corrected chi connectivity index (χ1v) is 6.63. The van der Waals surface area contributed by atoms with Crippen molar-refractivity contribution < 1.29 is 9.59 Å². The van der Waals surface area contributed by atoms with Gasteiger partial charge >= 0.3 is 0 Å². The number of Topliss-reactive ketones (excluding diaryl/α,β-unsaturated/α-hetero) is 2. The van der Waals surface area contributed by atoms with Crippen LogP contribution in [0.5, 0.6) is 0 Å². The fourth-order valence-electron chi connectivity index (χ4n) is 1.80. The van der Waals surface area contributed by atoms with Crippen molar-refractivity contribution in [3.8, 4) is 0 Å². The Kier molecular flexibility index (Phi) is 9.16. The smallest absolute Gasteiger partial charge is 0.133 e. The molecule has 0 saturated heterocycles. The molecule has 0 atom stereocenters. The molecule has 16 heavy (non-hydrogen) atoms. The van der Waals surface area contributed by atoms with Crippen LogP contribution in [-0.4, -0.2) is 11.6 Å². The monoisotopic (exact) mass is 226 g/mol. The lowest BCUT2D eigenvalue weighted by atomic mass is 9.95. The maximum atomic E-state index is 11.5. The third kappa shape index (κ3) is 8.63. The Morgan fingerprint density at radius 3 is 1.56 bits per heavy atom. The number of unbranched alkanes of at least 4 members (excludes halogenated alkanes) is 2. The molecule has 2 heteroatoms. The molecule has 0 aliphatic rings. The van der Waals surface area contributed by atoms with E-state index in [2.05, 4.69) is 13.8 Å². The Bertz CT molecular complexity index is 187. The summed E-state index contributed by atoms with van der Waals surface area (Å²) in [4.78, 5) is 23.0. The van der Waals surface area contributed by atoms with Gasteiger partial charge in [0.1, 0.15) is 11.6 Å². The summed E-state index contributed by atoms with van der Waals surface area (Å²) in [6.07, 6.45) is 6.62. The number of rotatable bonds is 10. The summed E-state index contributed by atoms with van der Waals surface area (Å²) < 4.78 is 0. The summed E-state index contributed by atoms with van der Waals surface area (Å²) in [6.45, 7) is 6.18. The van der Waals surface area contributed by atoms with Crippen molar-refractivity contribution in [2.24, 2.45) is 5.92 Å². The maximum Gasteiger partial charge on any atom is 0.133 e. The molecule has 0 aromatic rings. The summed E-state index contributed by atoms with van der Waals surface area (Å²) in [5, 5.41) is 0. The highest BCUT2D eigenvalue weighted by Gasteiger charge is 2.12. The number of carbonyl (C=O) groups excluding carboxylic acids is 2. The third-order valence-electron chi connectivity index (χ3n) is 2.77. The Morgan fingerprint density at radius 1 is 0.875 bits per heavy atom. The fraction of sp³-hybridized carbons (Fsp3) is 0.857. The van der Waals surface area contributed by atoms with Gasteiger partial charge in [-0.1, -0.05) is 33.6 Å². The van der Waals surface area contributed by atoms with Crippen molar-refractivity contribution in [3.05, 3.63) is 0 Å². The predicted molar refractivity (Wildman–Crippen MR) is 67.5 cm³/mol. The molecule has 0 heterocycles. The van der Waals surface area contributed by atoms with Crippen LogP contribution in [0.2, 0.25) is 0 Å². The van der Waals surface area contributed by atoms with Crippen LogP contribution < -0.4 is 0 Å². The van der Waals surface area contributed by atoms with Crippen molar-refractivity contribution in [1.82, 2.24) is 0 Å². The van der Waals surface area contributed by atoms with Gasteiger partial charge in [0.05, 0.1) is 0 Å². The molecular formula is C14H26O2. The molecule has 0 aliphatic carbocycles. The lowest BCUT2D eigenvalue weighted by Gasteiger charge is -2.09. The predicted octanol–water partition coefficient (Wildman–Crippen LogP) is 3.92. The lowest BCUT2D eigenvalue weighted by Crippen LogP contribution is -2.10. The molecule has 94 valence electrons. The van der Waals surface area contributed by atoms with E-state index in [1.165, 1.54) is 0 Å². The summed E-state index contributed by atoms with van der Waals surface area (Å²) in [5.74, 6) is 0.865. The Labute approximate surface area is 99.8 Å². The minimum atomic E-state index is 0.230. The zero-order chi connectivity index (χ0) is 12.4. The van der Waals surface area contributed by atoms with Gasteiger partial charge in [-0.25, -0.2) is 0 Å². The van der Waals surface area contributed by atoms with Crippen LogP contribution in [-0.2, 0) is 9.59 Å². The van der Waals surface area contributed by atoms with E-state index in [0.29, 0.717) is 37.2 Å². The lowest BCUT2D eigenvalue weighted by molar-refractivity contribution is -0.121. The molecule has 0 aliphatic heterocycles. The number of carbonyl (C=O) groups is 2. The van der Waals surface area contributed by atoms with E-state index >= 15 is 0 Å². The normalized spacial score (nSPS) is 10.8. The highest BCUT2D eigenvalue weighted by molar-refractivity contribution is 5.81. The second-order valence-corrected chi connectivity index (χ2v) is 4.80. The molecule has 0 amide bonds. The molecule has 0 fully saturated rings. The van der Waals surface area contributed by atoms with Crippen LogP contribution >= 0.6 is 0 Å². The standard InChI is InChI=1S/C14H26O2/c1-4-6-8-13(15)10-12(3)11-14(16)9-7-5-2/h12H,4-11H2,1-3H3. The minimum Gasteiger partial charge on any atom is -0.300 e. The minimum absolute atomic E-state index is 0.230. The maximum absolute atomic E-state index is 11.5. The quantitative estimate of drug-likeness (QED) is 0.565. The molecule has 0 aromatic heterocycles. The molecule has 2 nitrogen and oxygen atoms in total. The Hall–Kier alpha value is -0.660. The SMILES string of the molecule is CCCCC(=O)CC(C)CC(=O)CCCC. The van der Waals surface area contributed by atoms with E-state index < -0.39 is 0 Å². The third-order valence-corrected chi connectivity index (χ3v) is 2.77. The summed E-state index contributed by atoms with van der Waals surface area (Å²) in [7, 11) is 0. The van der Waals surface area contributed by atoms with E-state index in [9.17, 15) is 9.59 Å². The van der Waals surface area contributed by atoms with Crippen LogP contribution in [0.4, 0.5) is 0 Å². The van der Waals surface area contributed by atoms with Gasteiger partial charge in [-0.3, -0.25) is 9.59 Å². The molecule has 0 saturated carbocycles. The van der Waals surface area contributed by atoms with E-state index in [1.54, 1.807) is 0 Å². The fourth-order valence-corrected chi connectivity index (χ4v) is 1.80. The summed E-state index contributed by atoms with van der Waals surface area (Å²) in [5.41, 5.74) is 0. The zero-order valence-corrected chi connectivity index (χ0v) is 11.1. The van der Waals surface area contributed by atoms with Crippen molar-refractivity contribution in [3.63, 3.8) is 0 Å². The van der Waals surface area contributed by atoms with Gasteiger partial charge in [0, 0.05) is 25.7 Å². The van der Waals surface area contributed by atoms with Crippen molar-refractivity contribution >= 4 is 11.6 Å². The Morgan fingerprint density at radius 2 is 1.25 bits per heavy atom. The molecule has 0 bridgehead atoms. The largest absolute Gasteiger partial charge is 0.300 e. The van der Waals surface area contributed by atoms with E-state index in [4.69, 9.17) is 0 Å². The average Bonchev–Trinajstić information content (AvgIpc) is 2.23. The van der Waals surface area contributed by atoms with E-state index in [1.807, 2.05) is 6.92 Å². The van der Waals surface area contributed by atoms with E-state index in [-0.39, 0.29) is 5.92 Å². The molecule has 0 N–H and O–H groups in total. The van der Waals surface area contributed by atoms with Crippen molar-refractivity contribution in [2.45, 2.75) is 72.1 Å². The highest BCUT2D eigenvalue weighted by Crippen LogP contribution is 2.13. The van der Waals surface area contributed by atoms with Crippen molar-refractivity contribution in [2.75, 3.05) is 0 Å². The number of ketones is 2. The molecule has 0 rings (SSSR count). The highest BCUT2D eigenvalue weighted by atomic mass is 16.1. The van der Waals surface area contributed by atoms with Crippen molar-refractivity contribution in [1.29, 1.82) is 0 Å². The van der Waals surface area contributed by atoms with Gasteiger partial charge in [-0.15, -0.1) is 0 Å². The van der Waals surface area contributed by atoms with Gasteiger partial charge in [0.25, 0.3) is 0 Å². The van der Waals surface area contributed by atoms with Crippen LogP contribution in [0, 0.1) is 5.92 Å². The molecular weight excluding hydrogens is 200 g/mol. The van der Waals surface area contributed by atoms with Gasteiger partial charge < -0.3 is 0 Å². The first kappa shape index (κ1) is 15.3. The number of hydrogen-bond acceptors (Lipinski definition) is 2. The molecule has 0 spiro atoms. The first-order chi connectivity index (χ1) is 7.60. The van der Waals surface area contributed by atoms with Gasteiger partial charge in [0.2, 0.25) is 0 Å². The van der Waals surface area contributed by atoms with Gasteiger partial charge in [-0.2, -0.15) is 0 Å². The zero-order valence-electron chi connectivity index (χ0n) is 11.1. The summed E-state index contributed by atoms with van der Waals surface area (Å²) in [6, 6.07) is 0. The van der Waals surface area contributed by atoms with Crippen LogP contribution in [0.3, 0.4) is 0 Å². The van der Waals surface area contributed by atoms with Crippen LogP contribution in [0.15, 0.2) is 0 Å². The van der Waals surface area contributed by atoms with Crippen LogP contribution in [0.1, 0.15) is 72.1 Å². The van der Waals surface area contributed by atoms with Gasteiger partial charge in [0.15, 0.2) is 0 Å². The molecule has 0 radical (unpaired) electrons. The second-order valence-electron chi connectivity index (χ2n) is 4.80. The topological polar surface area (TPSA) is 34.1 Å². The van der Waals surface area contributed by atoms with Crippen LogP contribution in [0.25, 0.3) is 0 Å². The second kappa shape index (κ2) is 9.56. The Balaban J connectivity index is 3.67. The van der Waals surface area contributed by atoms with Gasteiger partial charge in [-0.05, 0) is 18.8 Å². The average molecular weight is 226 g/mol. The summed E-state index contributed by atoms with van der Waals surface area (Å²) >= 11 is 0. The molecule has 0 aromatic carbocycles. The van der Waals surface area contributed by atoms with E-state index in [0.717, 1.165) is 25.7 Å².